The van der Waals surface area contributed by atoms with Gasteiger partial charge in [0.1, 0.15) is 0 Å². The maximum atomic E-state index is 6.14. The summed E-state index contributed by atoms with van der Waals surface area (Å²) < 4.78 is 2.22. The third kappa shape index (κ3) is 1.22. The lowest BCUT2D eigenvalue weighted by Gasteiger charge is -2.09. The summed E-state index contributed by atoms with van der Waals surface area (Å²) >= 11 is 0. The molecule has 0 bridgehead atoms. The zero-order chi connectivity index (χ0) is 13.3. The molecule has 0 unspecified atom stereocenters. The Labute approximate surface area is 108 Å². The number of aryl methyl sites for hydroxylation is 1. The zero-order valence-corrected chi connectivity index (χ0v) is 11.8. The fourth-order valence-corrected chi connectivity index (χ4v) is 3.30. The maximum absolute atomic E-state index is 6.14. The van der Waals surface area contributed by atoms with Crippen LogP contribution in [-0.4, -0.2) is 9.55 Å². The molecule has 1 saturated carbocycles. The summed E-state index contributed by atoms with van der Waals surface area (Å²) in [5.41, 5.74) is 10.1. The van der Waals surface area contributed by atoms with Crippen LogP contribution >= 0.6 is 0 Å². The Morgan fingerprint density at radius 3 is 2.33 bits per heavy atom. The molecule has 3 heteroatoms. The summed E-state index contributed by atoms with van der Waals surface area (Å²) in [6.45, 7) is 11.3. The third-order valence-electron chi connectivity index (χ3n) is 5.08. The van der Waals surface area contributed by atoms with Gasteiger partial charge in [-0.1, -0.05) is 33.8 Å². The van der Waals surface area contributed by atoms with E-state index in [-0.39, 0.29) is 10.8 Å². The Balaban J connectivity index is 2.25. The highest BCUT2D eigenvalue weighted by Crippen LogP contribution is 2.72. The first-order valence-electron chi connectivity index (χ1n) is 6.51. The molecule has 1 fully saturated rings. The van der Waals surface area contributed by atoms with Gasteiger partial charge in [0.2, 0.25) is 5.95 Å². The van der Waals surface area contributed by atoms with Crippen molar-refractivity contribution in [3.05, 3.63) is 23.8 Å². The minimum atomic E-state index is 0.262. The summed E-state index contributed by atoms with van der Waals surface area (Å²) in [7, 11) is 0. The number of anilines is 1. The van der Waals surface area contributed by atoms with Crippen LogP contribution in [-0.2, 0) is 0 Å². The maximum Gasteiger partial charge on any atom is 0.201 e. The number of rotatable bonds is 1. The van der Waals surface area contributed by atoms with Crippen molar-refractivity contribution in [1.82, 2.24) is 9.55 Å². The summed E-state index contributed by atoms with van der Waals surface area (Å²) in [4.78, 5) is 4.49. The van der Waals surface area contributed by atoms with Gasteiger partial charge < -0.3 is 10.3 Å². The molecule has 0 amide bonds. The molecule has 0 spiro atoms. The van der Waals surface area contributed by atoms with Crippen LogP contribution in [0.15, 0.2) is 18.2 Å². The van der Waals surface area contributed by atoms with Crippen molar-refractivity contribution in [1.29, 1.82) is 0 Å². The van der Waals surface area contributed by atoms with Crippen molar-refractivity contribution in [2.45, 2.75) is 40.7 Å². The fraction of sp³-hybridized carbons (Fsp3) is 0.533. The number of aromatic nitrogens is 2. The minimum Gasteiger partial charge on any atom is -0.369 e. The van der Waals surface area contributed by atoms with Gasteiger partial charge in [-0.25, -0.2) is 4.98 Å². The Kier molecular flexibility index (Phi) is 1.98. The third-order valence-corrected chi connectivity index (χ3v) is 5.08. The van der Waals surface area contributed by atoms with Crippen LogP contribution in [0.5, 0.6) is 0 Å². The molecule has 18 heavy (non-hydrogen) atoms. The van der Waals surface area contributed by atoms with E-state index in [1.165, 1.54) is 5.56 Å². The quantitative estimate of drug-likeness (QED) is 0.832. The number of imidazole rings is 1. The van der Waals surface area contributed by atoms with Crippen molar-refractivity contribution >= 4 is 17.0 Å². The second-order valence-electron chi connectivity index (χ2n) is 6.68. The molecule has 1 aromatic carbocycles. The molecule has 3 nitrogen and oxygen atoms in total. The van der Waals surface area contributed by atoms with Crippen LogP contribution in [0.3, 0.4) is 0 Å². The SMILES string of the molecule is Cc1ccc2nc(N)n(C3C(C)(C)C3(C)C)c2c1. The van der Waals surface area contributed by atoms with Crippen molar-refractivity contribution in [3.63, 3.8) is 0 Å². The van der Waals surface area contributed by atoms with Gasteiger partial charge in [-0.3, -0.25) is 0 Å². The number of nitrogen functional groups attached to an aromatic ring is 1. The average molecular weight is 243 g/mol. The second kappa shape index (κ2) is 3.08. The highest BCUT2D eigenvalue weighted by molar-refractivity contribution is 5.79. The topological polar surface area (TPSA) is 43.8 Å². The van der Waals surface area contributed by atoms with Crippen LogP contribution in [0, 0.1) is 17.8 Å². The molecule has 96 valence electrons. The molecule has 1 aliphatic carbocycles. The molecular weight excluding hydrogens is 222 g/mol. The van der Waals surface area contributed by atoms with Crippen LogP contribution in [0.1, 0.15) is 39.3 Å². The molecular formula is C15H21N3. The second-order valence-corrected chi connectivity index (χ2v) is 6.68. The summed E-state index contributed by atoms with van der Waals surface area (Å²) in [5.74, 6) is 0.638. The summed E-state index contributed by atoms with van der Waals surface area (Å²) in [6.07, 6.45) is 0. The summed E-state index contributed by atoms with van der Waals surface area (Å²) in [5, 5.41) is 0. The first-order chi connectivity index (χ1) is 8.26. The average Bonchev–Trinajstić information content (AvgIpc) is 2.53. The van der Waals surface area contributed by atoms with Gasteiger partial charge in [0.25, 0.3) is 0 Å². The van der Waals surface area contributed by atoms with Crippen LogP contribution in [0.25, 0.3) is 11.0 Å². The van der Waals surface area contributed by atoms with E-state index in [9.17, 15) is 0 Å². The Bertz CT molecular complexity index is 620. The fourth-order valence-electron chi connectivity index (χ4n) is 3.30. The highest BCUT2D eigenvalue weighted by atomic mass is 15.2. The minimum absolute atomic E-state index is 0.262. The predicted octanol–water partition coefficient (Wildman–Crippen LogP) is 3.53. The Morgan fingerprint density at radius 2 is 1.78 bits per heavy atom. The Morgan fingerprint density at radius 1 is 1.17 bits per heavy atom. The molecule has 0 atom stereocenters. The van der Waals surface area contributed by atoms with Crippen molar-refractivity contribution in [2.75, 3.05) is 5.73 Å². The van der Waals surface area contributed by atoms with Gasteiger partial charge >= 0.3 is 0 Å². The number of hydrogen-bond donors (Lipinski definition) is 1. The molecule has 1 aliphatic rings. The zero-order valence-electron chi connectivity index (χ0n) is 11.8. The van der Waals surface area contributed by atoms with Crippen molar-refractivity contribution in [2.24, 2.45) is 10.8 Å². The van der Waals surface area contributed by atoms with Gasteiger partial charge in [0, 0.05) is 6.04 Å². The molecule has 0 aliphatic heterocycles. The molecule has 1 heterocycles. The van der Waals surface area contributed by atoms with Crippen molar-refractivity contribution < 1.29 is 0 Å². The molecule has 0 saturated heterocycles. The standard InChI is InChI=1S/C15H21N3/c1-9-6-7-10-11(8-9)18(13(16)17-10)12-14(2,3)15(12,4)5/h6-8,12H,1-5H3,(H2,16,17). The smallest absolute Gasteiger partial charge is 0.201 e. The molecule has 1 aromatic heterocycles. The van der Waals surface area contributed by atoms with Gasteiger partial charge in [-0.15, -0.1) is 0 Å². The van der Waals surface area contributed by atoms with E-state index < -0.39 is 0 Å². The molecule has 2 aromatic rings. The van der Waals surface area contributed by atoms with E-state index in [0.717, 1.165) is 11.0 Å². The normalized spacial score (nSPS) is 21.4. The first-order valence-corrected chi connectivity index (χ1v) is 6.51. The Hall–Kier alpha value is -1.51. The number of hydrogen-bond acceptors (Lipinski definition) is 2. The van der Waals surface area contributed by atoms with E-state index in [2.05, 4.69) is 62.4 Å². The van der Waals surface area contributed by atoms with E-state index >= 15 is 0 Å². The van der Waals surface area contributed by atoms with E-state index in [1.54, 1.807) is 0 Å². The van der Waals surface area contributed by atoms with Crippen molar-refractivity contribution in [3.8, 4) is 0 Å². The van der Waals surface area contributed by atoms with Gasteiger partial charge in [-0.2, -0.15) is 0 Å². The highest BCUT2D eigenvalue weighted by Gasteiger charge is 2.66. The molecule has 0 radical (unpaired) electrons. The van der Waals surface area contributed by atoms with E-state index in [0.29, 0.717) is 12.0 Å². The van der Waals surface area contributed by atoms with Gasteiger partial charge in [0.15, 0.2) is 0 Å². The van der Waals surface area contributed by atoms with E-state index in [1.807, 2.05) is 0 Å². The molecule has 2 N–H and O–H groups in total. The monoisotopic (exact) mass is 243 g/mol. The van der Waals surface area contributed by atoms with Crippen LogP contribution < -0.4 is 5.73 Å². The van der Waals surface area contributed by atoms with Crippen LogP contribution in [0.2, 0.25) is 0 Å². The lowest BCUT2D eigenvalue weighted by molar-refractivity contribution is 0.457. The van der Waals surface area contributed by atoms with Gasteiger partial charge in [0.05, 0.1) is 11.0 Å². The number of nitrogens with two attached hydrogens (primary N) is 1. The van der Waals surface area contributed by atoms with E-state index in [4.69, 9.17) is 5.73 Å². The predicted molar refractivity (Wildman–Crippen MR) is 75.5 cm³/mol. The number of fused-ring (bicyclic) bond motifs is 1. The largest absolute Gasteiger partial charge is 0.369 e. The number of benzene rings is 1. The van der Waals surface area contributed by atoms with Crippen LogP contribution in [0.4, 0.5) is 5.95 Å². The summed E-state index contributed by atoms with van der Waals surface area (Å²) in [6, 6.07) is 6.75. The van der Waals surface area contributed by atoms with Gasteiger partial charge in [-0.05, 0) is 35.4 Å². The lowest BCUT2D eigenvalue weighted by atomic mass is 10.0. The lowest BCUT2D eigenvalue weighted by Crippen LogP contribution is -2.05. The number of nitrogens with zero attached hydrogens (tertiary/aromatic N) is 2. The first kappa shape index (κ1) is 11.6. The molecule has 3 rings (SSSR count).